The molecule has 18 heavy (non-hydrogen) atoms. The van der Waals surface area contributed by atoms with Crippen molar-refractivity contribution in [3.05, 3.63) is 0 Å². The zero-order chi connectivity index (χ0) is 12.6. The fourth-order valence-electron chi connectivity index (χ4n) is 3.51. The summed E-state index contributed by atoms with van der Waals surface area (Å²) in [5.41, 5.74) is 0. The van der Waals surface area contributed by atoms with Gasteiger partial charge in [0.1, 0.15) is 0 Å². The summed E-state index contributed by atoms with van der Waals surface area (Å²) in [7, 11) is 0. The van der Waals surface area contributed by atoms with Gasteiger partial charge in [0.05, 0.1) is 6.10 Å². The highest BCUT2D eigenvalue weighted by Gasteiger charge is 2.19. The van der Waals surface area contributed by atoms with Gasteiger partial charge in [-0.25, -0.2) is 0 Å². The Hall–Kier alpha value is -0.0800. The summed E-state index contributed by atoms with van der Waals surface area (Å²) in [6.45, 7) is 4.57. The van der Waals surface area contributed by atoms with Crippen molar-refractivity contribution in [3.8, 4) is 0 Å². The third-order valence-corrected chi connectivity index (χ3v) is 4.80. The van der Waals surface area contributed by atoms with Crippen LogP contribution < -0.4 is 5.32 Å². The topological polar surface area (TPSA) is 21.3 Å². The first-order valence-corrected chi connectivity index (χ1v) is 8.21. The van der Waals surface area contributed by atoms with Gasteiger partial charge in [-0.15, -0.1) is 0 Å². The molecule has 0 aromatic heterocycles. The molecule has 0 aromatic carbocycles. The summed E-state index contributed by atoms with van der Waals surface area (Å²) in [6, 6.07) is 0.715. The summed E-state index contributed by atoms with van der Waals surface area (Å²) in [6.07, 6.45) is 14.4. The molecule has 2 aliphatic rings. The van der Waals surface area contributed by atoms with Crippen LogP contribution in [-0.2, 0) is 4.74 Å². The molecular formula is C16H31NO. The van der Waals surface area contributed by atoms with Gasteiger partial charge >= 0.3 is 0 Å². The van der Waals surface area contributed by atoms with Crippen LogP contribution in [0.1, 0.15) is 71.1 Å². The van der Waals surface area contributed by atoms with Crippen molar-refractivity contribution < 1.29 is 4.74 Å². The molecule has 1 saturated heterocycles. The maximum atomic E-state index is 5.67. The Bertz CT molecular complexity index is 205. The molecule has 1 aliphatic carbocycles. The lowest BCUT2D eigenvalue weighted by atomic mass is 9.93. The van der Waals surface area contributed by atoms with Crippen molar-refractivity contribution in [3.63, 3.8) is 0 Å². The van der Waals surface area contributed by atoms with E-state index < -0.39 is 0 Å². The fourth-order valence-corrected chi connectivity index (χ4v) is 3.51. The van der Waals surface area contributed by atoms with Crippen LogP contribution in [0.2, 0.25) is 0 Å². The summed E-state index contributed by atoms with van der Waals surface area (Å²) in [5.74, 6) is 0.926. The zero-order valence-corrected chi connectivity index (χ0v) is 12.1. The van der Waals surface area contributed by atoms with Crippen LogP contribution >= 0.6 is 0 Å². The predicted octanol–water partition coefficient (Wildman–Crippen LogP) is 3.89. The molecular weight excluding hydrogens is 222 g/mol. The highest BCUT2D eigenvalue weighted by Crippen LogP contribution is 2.25. The number of nitrogens with one attached hydrogen (secondary N) is 1. The molecule has 2 fully saturated rings. The van der Waals surface area contributed by atoms with Crippen molar-refractivity contribution in [2.45, 2.75) is 83.3 Å². The highest BCUT2D eigenvalue weighted by atomic mass is 16.5. The number of hydrogen-bond acceptors (Lipinski definition) is 2. The third-order valence-electron chi connectivity index (χ3n) is 4.80. The Balaban J connectivity index is 1.54. The summed E-state index contributed by atoms with van der Waals surface area (Å²) in [4.78, 5) is 0. The monoisotopic (exact) mass is 253 g/mol. The van der Waals surface area contributed by atoms with Gasteiger partial charge in [-0.3, -0.25) is 0 Å². The van der Waals surface area contributed by atoms with Crippen molar-refractivity contribution in [2.75, 3.05) is 13.2 Å². The van der Waals surface area contributed by atoms with E-state index in [2.05, 4.69) is 12.2 Å². The van der Waals surface area contributed by atoms with E-state index >= 15 is 0 Å². The summed E-state index contributed by atoms with van der Waals surface area (Å²) in [5, 5.41) is 3.75. The molecule has 0 amide bonds. The van der Waals surface area contributed by atoms with Gasteiger partial charge in [0, 0.05) is 12.6 Å². The second-order valence-electron chi connectivity index (χ2n) is 6.27. The summed E-state index contributed by atoms with van der Waals surface area (Å²) >= 11 is 0. The first kappa shape index (κ1) is 14.3. The average molecular weight is 253 g/mol. The van der Waals surface area contributed by atoms with Crippen molar-refractivity contribution >= 4 is 0 Å². The van der Waals surface area contributed by atoms with Gasteiger partial charge in [-0.2, -0.15) is 0 Å². The minimum Gasteiger partial charge on any atom is -0.378 e. The Morgan fingerprint density at radius 2 is 1.83 bits per heavy atom. The lowest BCUT2D eigenvalue weighted by molar-refractivity contribution is 0.102. The van der Waals surface area contributed by atoms with Crippen LogP contribution in [0.15, 0.2) is 0 Å². The van der Waals surface area contributed by atoms with Crippen molar-refractivity contribution in [1.82, 2.24) is 5.32 Å². The van der Waals surface area contributed by atoms with Crippen LogP contribution in [-0.4, -0.2) is 25.3 Å². The summed E-state index contributed by atoms with van der Waals surface area (Å²) < 4.78 is 5.67. The minimum atomic E-state index is 0.569. The minimum absolute atomic E-state index is 0.569. The van der Waals surface area contributed by atoms with Gasteiger partial charge in [-0.05, 0) is 57.9 Å². The van der Waals surface area contributed by atoms with E-state index in [0.717, 1.165) is 12.5 Å². The van der Waals surface area contributed by atoms with E-state index in [1.807, 2.05) is 0 Å². The molecule has 1 aliphatic heterocycles. The SMILES string of the molecule is C[C@H](NCCCC1CCCO1)C1CCCCCC1. The van der Waals surface area contributed by atoms with Crippen LogP contribution in [0, 0.1) is 5.92 Å². The molecule has 2 nitrogen and oxygen atoms in total. The van der Waals surface area contributed by atoms with E-state index in [1.54, 1.807) is 0 Å². The molecule has 106 valence electrons. The molecule has 2 atom stereocenters. The number of rotatable bonds is 6. The van der Waals surface area contributed by atoms with E-state index in [4.69, 9.17) is 4.74 Å². The normalized spacial score (nSPS) is 28.2. The van der Waals surface area contributed by atoms with Crippen molar-refractivity contribution in [1.29, 1.82) is 0 Å². The van der Waals surface area contributed by atoms with E-state index in [0.29, 0.717) is 12.1 Å². The Morgan fingerprint density at radius 3 is 2.50 bits per heavy atom. The molecule has 1 saturated carbocycles. The van der Waals surface area contributed by atoms with Crippen LogP contribution in [0.3, 0.4) is 0 Å². The lowest BCUT2D eigenvalue weighted by Gasteiger charge is -2.24. The molecule has 2 heteroatoms. The maximum absolute atomic E-state index is 5.67. The van der Waals surface area contributed by atoms with E-state index in [-0.39, 0.29) is 0 Å². The Kier molecular flexibility index (Phi) is 6.50. The lowest BCUT2D eigenvalue weighted by Crippen LogP contribution is -2.34. The van der Waals surface area contributed by atoms with E-state index in [9.17, 15) is 0 Å². The molecule has 1 unspecified atom stereocenters. The van der Waals surface area contributed by atoms with Gasteiger partial charge in [0.25, 0.3) is 0 Å². The standard InChI is InChI=1S/C16H31NO/c1-14(15-8-4-2-3-5-9-15)17-12-6-10-16-11-7-13-18-16/h14-17H,2-13H2,1H3/t14-,16?/m0/s1. The molecule has 0 bridgehead atoms. The molecule has 0 spiro atoms. The third kappa shape index (κ3) is 4.89. The van der Waals surface area contributed by atoms with Crippen LogP contribution in [0.5, 0.6) is 0 Å². The zero-order valence-electron chi connectivity index (χ0n) is 12.1. The molecule has 1 N–H and O–H groups in total. The highest BCUT2D eigenvalue weighted by molar-refractivity contribution is 4.75. The second kappa shape index (κ2) is 8.16. The average Bonchev–Trinajstić information content (AvgIpc) is 2.74. The quantitative estimate of drug-likeness (QED) is 0.573. The van der Waals surface area contributed by atoms with Crippen LogP contribution in [0.4, 0.5) is 0 Å². The Labute approximate surface area is 113 Å². The first-order valence-electron chi connectivity index (χ1n) is 8.21. The van der Waals surface area contributed by atoms with E-state index in [1.165, 1.54) is 70.8 Å². The number of hydrogen-bond donors (Lipinski definition) is 1. The van der Waals surface area contributed by atoms with Gasteiger partial charge in [0.15, 0.2) is 0 Å². The van der Waals surface area contributed by atoms with Gasteiger partial charge in [-0.1, -0.05) is 25.7 Å². The predicted molar refractivity (Wildman–Crippen MR) is 76.9 cm³/mol. The molecule has 1 heterocycles. The molecule has 0 aromatic rings. The molecule has 2 rings (SSSR count). The fraction of sp³-hybridized carbons (Fsp3) is 1.00. The van der Waals surface area contributed by atoms with Gasteiger partial charge < -0.3 is 10.1 Å². The van der Waals surface area contributed by atoms with Crippen molar-refractivity contribution in [2.24, 2.45) is 5.92 Å². The second-order valence-corrected chi connectivity index (χ2v) is 6.27. The number of ether oxygens (including phenoxy) is 1. The maximum Gasteiger partial charge on any atom is 0.0576 e. The smallest absolute Gasteiger partial charge is 0.0576 e. The Morgan fingerprint density at radius 1 is 1.06 bits per heavy atom. The molecule has 0 radical (unpaired) electrons. The van der Waals surface area contributed by atoms with Gasteiger partial charge in [0.2, 0.25) is 0 Å². The first-order chi connectivity index (χ1) is 8.86. The largest absolute Gasteiger partial charge is 0.378 e. The van der Waals surface area contributed by atoms with Crippen LogP contribution in [0.25, 0.3) is 0 Å².